The maximum absolute atomic E-state index is 2.44. The van der Waals surface area contributed by atoms with Crippen LogP contribution in [0.3, 0.4) is 0 Å². The van der Waals surface area contributed by atoms with Gasteiger partial charge in [-0.15, -0.1) is 11.3 Å². The van der Waals surface area contributed by atoms with Crippen LogP contribution >= 0.6 is 11.3 Å². The predicted octanol–water partition coefficient (Wildman–Crippen LogP) is 14.0. The van der Waals surface area contributed by atoms with Gasteiger partial charge in [-0.05, 0) is 95.1 Å². The van der Waals surface area contributed by atoms with Crippen LogP contribution in [-0.4, -0.2) is 4.57 Å². The Morgan fingerprint density at radius 1 is 0.373 bits per heavy atom. The number of thiophene rings is 1. The van der Waals surface area contributed by atoms with E-state index in [2.05, 4.69) is 204 Å². The molecule has 240 valence electrons. The van der Waals surface area contributed by atoms with E-state index in [-0.39, 0.29) is 0 Å². The van der Waals surface area contributed by atoms with Crippen LogP contribution in [0.1, 0.15) is 0 Å². The highest BCUT2D eigenvalue weighted by molar-refractivity contribution is 7.25. The normalized spacial score (nSPS) is 11.5. The Morgan fingerprint density at radius 2 is 1.00 bits per heavy atom. The SMILES string of the molecule is c1ccc(-c2ccc(-n3c4ccc(-c5ccccc5)cc4c4c(N(c5ccccc5)c5ccc6sc7ccccc7c6c5)cccc43)cc2)cc1. The van der Waals surface area contributed by atoms with Gasteiger partial charge < -0.3 is 9.47 Å². The van der Waals surface area contributed by atoms with E-state index in [4.69, 9.17) is 0 Å². The molecule has 0 fully saturated rings. The van der Waals surface area contributed by atoms with Crippen LogP contribution in [0.15, 0.2) is 194 Å². The Bertz CT molecular complexity index is 2830. The molecule has 0 unspecified atom stereocenters. The molecule has 3 heteroatoms. The lowest BCUT2D eigenvalue weighted by Gasteiger charge is -2.26. The third kappa shape index (κ3) is 5.01. The first-order valence-electron chi connectivity index (χ1n) is 17.4. The zero-order chi connectivity index (χ0) is 33.7. The van der Waals surface area contributed by atoms with Crippen molar-refractivity contribution in [2.24, 2.45) is 0 Å². The maximum Gasteiger partial charge on any atom is 0.0562 e. The molecule has 0 radical (unpaired) electrons. The molecule has 0 saturated heterocycles. The van der Waals surface area contributed by atoms with Crippen LogP contribution in [0.5, 0.6) is 0 Å². The van der Waals surface area contributed by atoms with E-state index in [0.717, 1.165) is 22.7 Å². The standard InChI is InChI=1S/C48H32N2S/c1-4-13-33(14-5-1)35-23-26-38(27-24-35)50-43-29-25-36(34-15-6-2-7-16-34)31-42(43)48-44(20-12-21-45(48)50)49(37-17-8-3-9-18-37)39-28-30-47-41(32-39)40-19-10-11-22-46(40)51-47/h1-32H. The van der Waals surface area contributed by atoms with Crippen molar-refractivity contribution in [3.63, 3.8) is 0 Å². The summed E-state index contributed by atoms with van der Waals surface area (Å²) in [5.74, 6) is 0. The van der Waals surface area contributed by atoms with E-state index in [1.807, 2.05) is 11.3 Å². The Morgan fingerprint density at radius 3 is 1.76 bits per heavy atom. The van der Waals surface area contributed by atoms with E-state index in [0.29, 0.717) is 0 Å². The van der Waals surface area contributed by atoms with Gasteiger partial charge in [0.15, 0.2) is 0 Å². The predicted molar refractivity (Wildman–Crippen MR) is 219 cm³/mol. The summed E-state index contributed by atoms with van der Waals surface area (Å²) in [5.41, 5.74) is 11.7. The lowest BCUT2D eigenvalue weighted by atomic mass is 10.0. The first-order valence-corrected chi connectivity index (χ1v) is 18.2. The highest BCUT2D eigenvalue weighted by Crippen LogP contribution is 2.46. The molecular formula is C48H32N2S. The van der Waals surface area contributed by atoms with Crippen molar-refractivity contribution in [1.82, 2.24) is 4.57 Å². The van der Waals surface area contributed by atoms with Crippen LogP contribution in [0.25, 0.3) is 69.9 Å². The lowest BCUT2D eigenvalue weighted by Crippen LogP contribution is -2.10. The Labute approximate surface area is 300 Å². The van der Waals surface area contributed by atoms with Crippen LogP contribution in [0.4, 0.5) is 17.1 Å². The van der Waals surface area contributed by atoms with Crippen LogP contribution in [0.2, 0.25) is 0 Å². The molecule has 2 heterocycles. The molecule has 0 atom stereocenters. The fourth-order valence-corrected chi connectivity index (χ4v) is 8.70. The van der Waals surface area contributed by atoms with Gasteiger partial charge in [0.1, 0.15) is 0 Å². The fourth-order valence-electron chi connectivity index (χ4n) is 7.62. The fraction of sp³-hybridized carbons (Fsp3) is 0. The van der Waals surface area contributed by atoms with E-state index in [1.165, 1.54) is 64.2 Å². The molecule has 0 aliphatic rings. The Hall–Kier alpha value is -6.42. The molecule has 10 aromatic rings. The Balaban J connectivity index is 1.25. The minimum Gasteiger partial charge on any atom is -0.310 e. The maximum atomic E-state index is 2.44. The molecule has 0 spiro atoms. The molecule has 0 aliphatic carbocycles. The van der Waals surface area contributed by atoms with Gasteiger partial charge in [0.2, 0.25) is 0 Å². The molecule has 2 nitrogen and oxygen atoms in total. The van der Waals surface area contributed by atoms with Crippen LogP contribution in [0, 0.1) is 0 Å². The summed E-state index contributed by atoms with van der Waals surface area (Å²) < 4.78 is 5.04. The van der Waals surface area contributed by atoms with Gasteiger partial charge in [-0.2, -0.15) is 0 Å². The third-order valence-electron chi connectivity index (χ3n) is 9.98. The zero-order valence-electron chi connectivity index (χ0n) is 27.8. The number of hydrogen-bond donors (Lipinski definition) is 0. The van der Waals surface area contributed by atoms with Crippen molar-refractivity contribution in [2.45, 2.75) is 0 Å². The number of rotatable bonds is 6. The first kappa shape index (κ1) is 29.5. The average Bonchev–Trinajstić information content (AvgIpc) is 3.75. The second-order valence-electron chi connectivity index (χ2n) is 13.0. The van der Waals surface area contributed by atoms with Gasteiger partial charge in [0.25, 0.3) is 0 Å². The van der Waals surface area contributed by atoms with Gasteiger partial charge in [0.05, 0.1) is 16.7 Å². The van der Waals surface area contributed by atoms with Gasteiger partial charge in [-0.3, -0.25) is 0 Å². The number of hydrogen-bond acceptors (Lipinski definition) is 2. The summed E-state index contributed by atoms with van der Waals surface area (Å²) >= 11 is 1.86. The van der Waals surface area contributed by atoms with Crippen molar-refractivity contribution in [3.05, 3.63) is 194 Å². The monoisotopic (exact) mass is 668 g/mol. The molecule has 8 aromatic carbocycles. The molecule has 0 amide bonds. The average molecular weight is 669 g/mol. The molecule has 2 aromatic heterocycles. The number of benzene rings is 8. The lowest BCUT2D eigenvalue weighted by molar-refractivity contribution is 1.18. The van der Waals surface area contributed by atoms with Crippen molar-refractivity contribution >= 4 is 70.4 Å². The summed E-state index contributed by atoms with van der Waals surface area (Å²) in [5, 5.41) is 5.02. The third-order valence-corrected chi connectivity index (χ3v) is 11.1. The second kappa shape index (κ2) is 12.2. The molecule has 0 saturated carbocycles. The van der Waals surface area contributed by atoms with Crippen molar-refractivity contribution < 1.29 is 0 Å². The highest BCUT2D eigenvalue weighted by atomic mass is 32.1. The van der Waals surface area contributed by atoms with Gasteiger partial charge >= 0.3 is 0 Å². The summed E-state index contributed by atoms with van der Waals surface area (Å²) in [6.07, 6.45) is 0. The van der Waals surface area contributed by atoms with E-state index < -0.39 is 0 Å². The van der Waals surface area contributed by atoms with E-state index in [9.17, 15) is 0 Å². The summed E-state index contributed by atoms with van der Waals surface area (Å²) in [7, 11) is 0. The minimum atomic E-state index is 1.12. The highest BCUT2D eigenvalue weighted by Gasteiger charge is 2.22. The van der Waals surface area contributed by atoms with Gasteiger partial charge in [-0.1, -0.05) is 121 Å². The van der Waals surface area contributed by atoms with Crippen molar-refractivity contribution in [2.75, 3.05) is 4.90 Å². The smallest absolute Gasteiger partial charge is 0.0562 e. The van der Waals surface area contributed by atoms with Crippen molar-refractivity contribution in [3.8, 4) is 27.9 Å². The molecule has 0 N–H and O–H groups in total. The quantitative estimate of drug-likeness (QED) is 0.171. The number of nitrogens with zero attached hydrogens (tertiary/aromatic N) is 2. The summed E-state index contributed by atoms with van der Waals surface area (Å²) in [6, 6.07) is 70.4. The number of para-hydroxylation sites is 1. The number of anilines is 3. The first-order chi connectivity index (χ1) is 25.3. The summed E-state index contributed by atoms with van der Waals surface area (Å²) in [4.78, 5) is 2.44. The van der Waals surface area contributed by atoms with Crippen LogP contribution in [-0.2, 0) is 0 Å². The van der Waals surface area contributed by atoms with E-state index >= 15 is 0 Å². The molecular weight excluding hydrogens is 637 g/mol. The van der Waals surface area contributed by atoms with Gasteiger partial charge in [-0.25, -0.2) is 0 Å². The van der Waals surface area contributed by atoms with Crippen LogP contribution < -0.4 is 4.90 Å². The minimum absolute atomic E-state index is 1.12. The Kier molecular flexibility index (Phi) is 7.04. The largest absolute Gasteiger partial charge is 0.310 e. The second-order valence-corrected chi connectivity index (χ2v) is 14.1. The molecule has 51 heavy (non-hydrogen) atoms. The summed E-state index contributed by atoms with van der Waals surface area (Å²) in [6.45, 7) is 0. The topological polar surface area (TPSA) is 8.17 Å². The molecule has 0 aliphatic heterocycles. The number of aromatic nitrogens is 1. The van der Waals surface area contributed by atoms with Crippen molar-refractivity contribution in [1.29, 1.82) is 0 Å². The zero-order valence-corrected chi connectivity index (χ0v) is 28.6. The van der Waals surface area contributed by atoms with Gasteiger partial charge in [0, 0.05) is 48.0 Å². The van der Waals surface area contributed by atoms with E-state index in [1.54, 1.807) is 0 Å². The molecule has 0 bridgehead atoms. The molecule has 10 rings (SSSR count). The number of fused-ring (bicyclic) bond motifs is 6.